The van der Waals surface area contributed by atoms with Gasteiger partial charge in [0.05, 0.1) is 18.8 Å². The molecule has 2 aliphatic heterocycles. The van der Waals surface area contributed by atoms with Crippen LogP contribution in [-0.4, -0.2) is 49.4 Å². The molecule has 2 heterocycles. The van der Waals surface area contributed by atoms with Crippen molar-refractivity contribution >= 4 is 23.5 Å². The number of morpholine rings is 1. The Balaban J connectivity index is 1.77. The van der Waals surface area contributed by atoms with E-state index >= 15 is 0 Å². The predicted molar refractivity (Wildman–Crippen MR) is 81.7 cm³/mol. The molecule has 0 bridgehead atoms. The maximum absolute atomic E-state index is 12.2. The van der Waals surface area contributed by atoms with Crippen molar-refractivity contribution in [3.63, 3.8) is 0 Å². The summed E-state index contributed by atoms with van der Waals surface area (Å²) in [6.45, 7) is 4.06. The van der Waals surface area contributed by atoms with Gasteiger partial charge in [0.2, 0.25) is 0 Å². The summed E-state index contributed by atoms with van der Waals surface area (Å²) in [7, 11) is 0. The van der Waals surface area contributed by atoms with Gasteiger partial charge in [-0.05, 0) is 19.1 Å². The molecule has 0 aliphatic carbocycles. The van der Waals surface area contributed by atoms with Crippen LogP contribution < -0.4 is 0 Å². The second-order valence-corrected chi connectivity index (χ2v) is 5.69. The number of esters is 2. The Labute approximate surface area is 138 Å². The zero-order chi connectivity index (χ0) is 16.4. The van der Waals surface area contributed by atoms with Crippen LogP contribution in [0.15, 0.2) is 35.0 Å². The van der Waals surface area contributed by atoms with Gasteiger partial charge in [0.15, 0.2) is 5.03 Å². The molecule has 0 aromatic heterocycles. The van der Waals surface area contributed by atoms with Gasteiger partial charge in [0.25, 0.3) is 6.29 Å². The fourth-order valence-corrected chi connectivity index (χ4v) is 2.69. The van der Waals surface area contributed by atoms with Crippen LogP contribution >= 0.6 is 11.6 Å². The lowest BCUT2D eigenvalue weighted by Gasteiger charge is -2.31. The molecule has 1 fully saturated rings. The maximum Gasteiger partial charge on any atom is 0.355 e. The molecule has 23 heavy (non-hydrogen) atoms. The van der Waals surface area contributed by atoms with Gasteiger partial charge in [-0.15, -0.1) is 0 Å². The van der Waals surface area contributed by atoms with Crippen LogP contribution in [0.2, 0.25) is 0 Å². The summed E-state index contributed by atoms with van der Waals surface area (Å²) >= 11 is 6.04. The molecular formula is C16H16ClNO5. The average molecular weight is 338 g/mol. The van der Waals surface area contributed by atoms with E-state index in [1.54, 1.807) is 12.1 Å². The van der Waals surface area contributed by atoms with E-state index in [2.05, 4.69) is 0 Å². The first-order valence-electron chi connectivity index (χ1n) is 7.27. The molecule has 1 atom stereocenters. The zero-order valence-electron chi connectivity index (χ0n) is 12.6. The highest BCUT2D eigenvalue weighted by molar-refractivity contribution is 6.42. The van der Waals surface area contributed by atoms with Crippen LogP contribution in [0, 0.1) is 6.92 Å². The first-order valence-corrected chi connectivity index (χ1v) is 7.65. The lowest BCUT2D eigenvalue weighted by molar-refractivity contribution is -0.154. The van der Waals surface area contributed by atoms with Crippen LogP contribution in [0.4, 0.5) is 0 Å². The zero-order valence-corrected chi connectivity index (χ0v) is 13.3. The Morgan fingerprint density at radius 1 is 1.26 bits per heavy atom. The Bertz CT molecular complexity index is 649. The van der Waals surface area contributed by atoms with Crippen LogP contribution in [0.1, 0.15) is 15.9 Å². The summed E-state index contributed by atoms with van der Waals surface area (Å²) in [5.74, 6) is -1.25. The molecule has 1 aromatic carbocycles. The molecule has 2 aliphatic rings. The number of ether oxygens (including phenoxy) is 3. The second-order valence-electron chi connectivity index (χ2n) is 5.31. The summed E-state index contributed by atoms with van der Waals surface area (Å²) < 4.78 is 15.7. The van der Waals surface area contributed by atoms with Crippen molar-refractivity contribution in [3.05, 3.63) is 46.1 Å². The standard InChI is InChI=1S/C16H16ClNO5/c1-10-2-4-11(5-3-10)14(19)22-16-13(12(17)15(20)23-16)18-6-8-21-9-7-18/h2-5,16H,6-9H2,1H3/t16-/m0/s1. The molecule has 1 saturated heterocycles. The van der Waals surface area contributed by atoms with Gasteiger partial charge in [-0.3, -0.25) is 0 Å². The van der Waals surface area contributed by atoms with Crippen molar-refractivity contribution in [1.82, 2.24) is 4.90 Å². The number of carbonyl (C=O) groups is 2. The smallest absolute Gasteiger partial charge is 0.355 e. The van der Waals surface area contributed by atoms with E-state index in [-0.39, 0.29) is 5.03 Å². The van der Waals surface area contributed by atoms with Crippen LogP contribution in [0.5, 0.6) is 0 Å². The molecule has 0 spiro atoms. The van der Waals surface area contributed by atoms with Gasteiger partial charge >= 0.3 is 11.9 Å². The van der Waals surface area contributed by atoms with Crippen molar-refractivity contribution in [2.75, 3.05) is 26.3 Å². The Morgan fingerprint density at radius 2 is 1.91 bits per heavy atom. The van der Waals surface area contributed by atoms with Gasteiger partial charge in [-0.2, -0.15) is 0 Å². The lowest BCUT2D eigenvalue weighted by Crippen LogP contribution is -2.39. The van der Waals surface area contributed by atoms with Crippen molar-refractivity contribution in [2.24, 2.45) is 0 Å². The third kappa shape index (κ3) is 3.33. The lowest BCUT2D eigenvalue weighted by atomic mass is 10.1. The minimum Gasteiger partial charge on any atom is -0.415 e. The van der Waals surface area contributed by atoms with Crippen molar-refractivity contribution in [1.29, 1.82) is 0 Å². The van der Waals surface area contributed by atoms with E-state index in [9.17, 15) is 9.59 Å². The van der Waals surface area contributed by atoms with E-state index in [0.29, 0.717) is 37.6 Å². The highest BCUT2D eigenvalue weighted by atomic mass is 35.5. The minimum atomic E-state index is -1.12. The summed E-state index contributed by atoms with van der Waals surface area (Å²) in [6, 6.07) is 6.94. The number of rotatable bonds is 3. The van der Waals surface area contributed by atoms with E-state index < -0.39 is 18.2 Å². The van der Waals surface area contributed by atoms with Gasteiger partial charge in [-0.25, -0.2) is 9.59 Å². The molecule has 3 rings (SSSR count). The third-order valence-electron chi connectivity index (χ3n) is 3.69. The molecule has 0 unspecified atom stereocenters. The summed E-state index contributed by atoms with van der Waals surface area (Å²) in [4.78, 5) is 25.8. The van der Waals surface area contributed by atoms with E-state index in [1.165, 1.54) is 0 Å². The second kappa shape index (κ2) is 6.60. The molecule has 0 amide bonds. The molecule has 122 valence electrons. The van der Waals surface area contributed by atoms with Crippen molar-refractivity contribution in [3.8, 4) is 0 Å². The molecule has 6 nitrogen and oxygen atoms in total. The summed E-state index contributed by atoms with van der Waals surface area (Å²) in [5.41, 5.74) is 1.81. The van der Waals surface area contributed by atoms with E-state index in [0.717, 1.165) is 5.56 Å². The molecule has 0 saturated carbocycles. The highest BCUT2D eigenvalue weighted by Crippen LogP contribution is 2.30. The minimum absolute atomic E-state index is 0.0476. The molecular weight excluding hydrogens is 322 g/mol. The number of hydrogen-bond acceptors (Lipinski definition) is 6. The number of nitrogens with zero attached hydrogens (tertiary/aromatic N) is 1. The summed E-state index contributed by atoms with van der Waals surface area (Å²) in [5, 5.41) is -0.0476. The molecule has 0 radical (unpaired) electrons. The maximum atomic E-state index is 12.2. The molecule has 1 aromatic rings. The molecule has 0 N–H and O–H groups in total. The van der Waals surface area contributed by atoms with Crippen LogP contribution in [0.3, 0.4) is 0 Å². The van der Waals surface area contributed by atoms with Gasteiger partial charge < -0.3 is 19.1 Å². The Kier molecular flexibility index (Phi) is 4.54. The highest BCUT2D eigenvalue weighted by Gasteiger charge is 2.39. The fraction of sp³-hybridized carbons (Fsp3) is 0.375. The van der Waals surface area contributed by atoms with Crippen LogP contribution in [0.25, 0.3) is 0 Å². The SMILES string of the molecule is Cc1ccc(C(=O)O[C@H]2OC(=O)C(Cl)=C2N2CCOCC2)cc1. The quantitative estimate of drug-likeness (QED) is 0.784. The van der Waals surface area contributed by atoms with Gasteiger partial charge in [-0.1, -0.05) is 29.3 Å². The topological polar surface area (TPSA) is 65.1 Å². The number of aryl methyl sites for hydroxylation is 1. The number of halogens is 1. The third-order valence-corrected chi connectivity index (χ3v) is 4.04. The number of carbonyl (C=O) groups excluding carboxylic acids is 2. The van der Waals surface area contributed by atoms with E-state index in [4.69, 9.17) is 25.8 Å². The first kappa shape index (κ1) is 15.8. The fourth-order valence-electron chi connectivity index (χ4n) is 2.44. The summed E-state index contributed by atoms with van der Waals surface area (Å²) in [6.07, 6.45) is -1.12. The van der Waals surface area contributed by atoms with Gasteiger partial charge in [0.1, 0.15) is 5.70 Å². The predicted octanol–water partition coefficient (Wildman–Crippen LogP) is 1.82. The van der Waals surface area contributed by atoms with Crippen molar-refractivity contribution < 1.29 is 23.8 Å². The Morgan fingerprint density at radius 3 is 2.57 bits per heavy atom. The van der Waals surface area contributed by atoms with Gasteiger partial charge in [0, 0.05) is 13.1 Å². The number of cyclic esters (lactones) is 1. The average Bonchev–Trinajstić information content (AvgIpc) is 2.83. The molecule has 7 heteroatoms. The van der Waals surface area contributed by atoms with Crippen molar-refractivity contribution in [2.45, 2.75) is 13.2 Å². The number of hydrogen-bond donors (Lipinski definition) is 0. The number of benzene rings is 1. The largest absolute Gasteiger partial charge is 0.415 e. The monoisotopic (exact) mass is 337 g/mol. The van der Waals surface area contributed by atoms with E-state index in [1.807, 2.05) is 24.0 Å². The first-order chi connectivity index (χ1) is 11.1. The Hall–Kier alpha value is -2.05. The van der Waals surface area contributed by atoms with Crippen LogP contribution in [-0.2, 0) is 19.0 Å². The normalized spacial score (nSPS) is 21.4.